The molecule has 2 heterocycles. The van der Waals surface area contributed by atoms with Crippen LogP contribution >= 0.6 is 0 Å². The van der Waals surface area contributed by atoms with Crippen LogP contribution in [0.1, 0.15) is 31.1 Å². The van der Waals surface area contributed by atoms with Gasteiger partial charge in [-0.3, -0.25) is 14.2 Å². The second-order valence-electron chi connectivity index (χ2n) is 8.97. The van der Waals surface area contributed by atoms with Crippen molar-refractivity contribution in [2.24, 2.45) is 17.8 Å². The van der Waals surface area contributed by atoms with Crippen LogP contribution in [0.5, 0.6) is 0 Å². The molecule has 2 fully saturated rings. The van der Waals surface area contributed by atoms with E-state index < -0.39 is 22.8 Å². The Balaban J connectivity index is 1.46. The standard InChI is InChI=1S/C22H25N3O5/c1-22(2,3)30-21(29)24-12-16-15(17(16)13-24)11-23-10-9-18(26)25(20(23)28)19(27)14-7-5-4-6-8-14/h4-10,15-17H,11-13H2,1-3H3/t15?,16-,17+. The van der Waals surface area contributed by atoms with Crippen LogP contribution in [0.2, 0.25) is 0 Å². The van der Waals surface area contributed by atoms with E-state index in [2.05, 4.69) is 0 Å². The van der Waals surface area contributed by atoms with E-state index >= 15 is 0 Å². The SMILES string of the molecule is CC(C)(C)OC(=O)N1C[C@@H]2C(Cn3ccc(=O)n(C(=O)c4ccccc4)c3=O)[C@@H]2C1. The van der Waals surface area contributed by atoms with Crippen molar-refractivity contribution >= 4 is 12.0 Å². The van der Waals surface area contributed by atoms with Crippen LogP contribution in [0.15, 0.2) is 52.2 Å². The lowest BCUT2D eigenvalue weighted by molar-refractivity contribution is 0.0264. The van der Waals surface area contributed by atoms with Crippen molar-refractivity contribution in [3.05, 3.63) is 69.0 Å². The van der Waals surface area contributed by atoms with E-state index in [0.29, 0.717) is 36.0 Å². The fourth-order valence-electron chi connectivity index (χ4n) is 4.17. The summed E-state index contributed by atoms with van der Waals surface area (Å²) in [4.78, 5) is 51.6. The highest BCUT2D eigenvalue weighted by atomic mass is 16.6. The average Bonchev–Trinajstić information content (AvgIpc) is 3.11. The van der Waals surface area contributed by atoms with Crippen molar-refractivity contribution in [1.82, 2.24) is 14.0 Å². The van der Waals surface area contributed by atoms with Gasteiger partial charge in [-0.05, 0) is 50.7 Å². The molecule has 3 atom stereocenters. The number of hydrogen-bond acceptors (Lipinski definition) is 5. The first-order valence-electron chi connectivity index (χ1n) is 10.1. The summed E-state index contributed by atoms with van der Waals surface area (Å²) in [5, 5.41) is 0. The maximum Gasteiger partial charge on any atom is 0.410 e. The number of aromatic nitrogens is 2. The van der Waals surface area contributed by atoms with Gasteiger partial charge in [-0.15, -0.1) is 0 Å². The maximum atomic E-state index is 12.8. The fraction of sp³-hybridized carbons (Fsp3) is 0.455. The van der Waals surface area contributed by atoms with Gasteiger partial charge in [0.05, 0.1) is 0 Å². The molecule has 1 aromatic heterocycles. The number of carbonyl (C=O) groups is 2. The van der Waals surface area contributed by atoms with Crippen LogP contribution in [-0.2, 0) is 11.3 Å². The van der Waals surface area contributed by atoms with Gasteiger partial charge in [0.1, 0.15) is 5.60 Å². The summed E-state index contributed by atoms with van der Waals surface area (Å²) < 4.78 is 7.52. The van der Waals surface area contributed by atoms with Gasteiger partial charge in [0.15, 0.2) is 0 Å². The van der Waals surface area contributed by atoms with E-state index in [0.717, 1.165) is 0 Å². The number of hydrogen-bond donors (Lipinski definition) is 0. The highest BCUT2D eigenvalue weighted by molar-refractivity contribution is 5.95. The molecule has 1 aromatic carbocycles. The quantitative estimate of drug-likeness (QED) is 0.768. The van der Waals surface area contributed by atoms with Gasteiger partial charge in [-0.1, -0.05) is 18.2 Å². The summed E-state index contributed by atoms with van der Waals surface area (Å²) in [7, 11) is 0. The van der Waals surface area contributed by atoms with Gasteiger partial charge in [0.2, 0.25) is 0 Å². The van der Waals surface area contributed by atoms with E-state index in [1.165, 1.54) is 16.8 Å². The highest BCUT2D eigenvalue weighted by Crippen LogP contribution is 2.52. The largest absolute Gasteiger partial charge is 0.444 e. The van der Waals surface area contributed by atoms with Crippen LogP contribution in [-0.4, -0.2) is 44.7 Å². The summed E-state index contributed by atoms with van der Waals surface area (Å²) >= 11 is 0. The Bertz CT molecular complexity index is 1080. The Morgan fingerprint density at radius 3 is 2.27 bits per heavy atom. The number of ether oxygens (including phenoxy) is 1. The van der Waals surface area contributed by atoms with Crippen LogP contribution in [0.25, 0.3) is 0 Å². The maximum absolute atomic E-state index is 12.8. The smallest absolute Gasteiger partial charge is 0.410 e. The fourth-order valence-corrected chi connectivity index (χ4v) is 4.17. The lowest BCUT2D eigenvalue weighted by Crippen LogP contribution is -2.43. The molecule has 0 radical (unpaired) electrons. The van der Waals surface area contributed by atoms with E-state index in [4.69, 9.17) is 4.74 Å². The summed E-state index contributed by atoms with van der Waals surface area (Å²) in [6.07, 6.45) is 1.13. The van der Waals surface area contributed by atoms with E-state index in [1.807, 2.05) is 20.8 Å². The van der Waals surface area contributed by atoms with Gasteiger partial charge in [-0.2, -0.15) is 4.57 Å². The summed E-state index contributed by atoms with van der Waals surface area (Å²) in [6.45, 7) is 7.12. The Morgan fingerprint density at radius 2 is 1.67 bits per heavy atom. The van der Waals surface area contributed by atoms with Gasteiger partial charge >= 0.3 is 11.8 Å². The van der Waals surface area contributed by atoms with Crippen molar-refractivity contribution < 1.29 is 14.3 Å². The van der Waals surface area contributed by atoms with Gasteiger partial charge in [-0.25, -0.2) is 9.59 Å². The second-order valence-corrected chi connectivity index (χ2v) is 8.97. The molecule has 1 aliphatic carbocycles. The first-order valence-corrected chi connectivity index (χ1v) is 10.1. The van der Waals surface area contributed by atoms with Crippen molar-refractivity contribution in [2.45, 2.75) is 32.9 Å². The first-order chi connectivity index (χ1) is 14.2. The molecule has 2 aliphatic rings. The van der Waals surface area contributed by atoms with Gasteiger partial charge < -0.3 is 9.64 Å². The number of fused-ring (bicyclic) bond motifs is 1. The zero-order valence-corrected chi connectivity index (χ0v) is 17.3. The number of rotatable bonds is 3. The normalized spacial score (nSPS) is 22.5. The molecule has 8 heteroatoms. The van der Waals surface area contributed by atoms with Gasteiger partial charge in [0, 0.05) is 37.5 Å². The van der Waals surface area contributed by atoms with E-state index in [9.17, 15) is 19.2 Å². The molecule has 30 heavy (non-hydrogen) atoms. The molecule has 1 amide bonds. The minimum absolute atomic E-state index is 0.235. The third-order valence-corrected chi connectivity index (χ3v) is 5.71. The van der Waals surface area contributed by atoms with E-state index in [1.54, 1.807) is 35.2 Å². The minimum atomic E-state index is -0.641. The predicted molar refractivity (Wildman–Crippen MR) is 109 cm³/mol. The molecule has 1 saturated carbocycles. The summed E-state index contributed by atoms with van der Waals surface area (Å²) in [5.74, 6) is 0.204. The number of benzene rings is 1. The van der Waals surface area contributed by atoms with Crippen molar-refractivity contribution in [3.63, 3.8) is 0 Å². The monoisotopic (exact) mass is 411 g/mol. The molecular formula is C22H25N3O5. The van der Waals surface area contributed by atoms with Crippen LogP contribution in [0.3, 0.4) is 0 Å². The molecule has 0 N–H and O–H groups in total. The van der Waals surface area contributed by atoms with Crippen molar-refractivity contribution in [3.8, 4) is 0 Å². The molecule has 1 aliphatic heterocycles. The first kappa shape index (κ1) is 20.1. The Morgan fingerprint density at radius 1 is 1.03 bits per heavy atom. The third kappa shape index (κ3) is 3.81. The zero-order chi connectivity index (χ0) is 21.6. The lowest BCUT2D eigenvalue weighted by Gasteiger charge is -2.26. The number of amides is 1. The van der Waals surface area contributed by atoms with Gasteiger partial charge in [0.25, 0.3) is 11.5 Å². The molecular weight excluding hydrogens is 386 g/mol. The number of nitrogens with zero attached hydrogens (tertiary/aromatic N) is 3. The number of piperidine rings is 1. The van der Waals surface area contributed by atoms with Crippen LogP contribution in [0.4, 0.5) is 4.79 Å². The predicted octanol–water partition coefficient (Wildman–Crippen LogP) is 1.81. The minimum Gasteiger partial charge on any atom is -0.444 e. The Hall–Kier alpha value is -3.16. The van der Waals surface area contributed by atoms with Crippen LogP contribution in [0, 0.1) is 17.8 Å². The number of carbonyl (C=O) groups excluding carboxylic acids is 2. The van der Waals surface area contributed by atoms with E-state index in [-0.39, 0.29) is 17.6 Å². The molecule has 4 rings (SSSR count). The molecule has 0 bridgehead atoms. The second kappa shape index (κ2) is 7.27. The summed E-state index contributed by atoms with van der Waals surface area (Å²) in [5.41, 5.74) is -1.52. The zero-order valence-electron chi connectivity index (χ0n) is 17.3. The lowest BCUT2D eigenvalue weighted by atomic mass is 10.2. The molecule has 1 saturated heterocycles. The van der Waals surface area contributed by atoms with Crippen LogP contribution < -0.4 is 11.2 Å². The summed E-state index contributed by atoms with van der Waals surface area (Å²) in [6, 6.07) is 9.51. The van der Waals surface area contributed by atoms with Crippen molar-refractivity contribution in [1.29, 1.82) is 0 Å². The molecule has 1 unspecified atom stereocenters. The molecule has 2 aromatic rings. The Kier molecular flexibility index (Phi) is 4.88. The molecule has 158 valence electrons. The molecule has 8 nitrogen and oxygen atoms in total. The Labute approximate surface area is 173 Å². The topological polar surface area (TPSA) is 90.6 Å². The van der Waals surface area contributed by atoms with Crippen molar-refractivity contribution in [2.75, 3.05) is 13.1 Å². The third-order valence-electron chi connectivity index (χ3n) is 5.71. The number of likely N-dealkylation sites (tertiary alicyclic amines) is 1. The highest BCUT2D eigenvalue weighted by Gasteiger charge is 2.57. The average molecular weight is 411 g/mol. The molecule has 0 spiro atoms.